The number of anilines is 1. The van der Waals surface area contributed by atoms with Gasteiger partial charge in [0.15, 0.2) is 0 Å². The molecule has 30 heavy (non-hydrogen) atoms. The van der Waals surface area contributed by atoms with Gasteiger partial charge in [-0.05, 0) is 26.3 Å². The third kappa shape index (κ3) is 3.36. The first-order chi connectivity index (χ1) is 14.4. The van der Waals surface area contributed by atoms with Gasteiger partial charge in [0.05, 0.1) is 16.8 Å². The summed E-state index contributed by atoms with van der Waals surface area (Å²) in [4.78, 5) is 46.2. The highest BCUT2D eigenvalue weighted by Crippen LogP contribution is 2.12. The van der Waals surface area contributed by atoms with Crippen molar-refractivity contribution in [3.63, 3.8) is 0 Å². The molecule has 1 aromatic carbocycles. The Labute approximate surface area is 170 Å². The van der Waals surface area contributed by atoms with E-state index in [0.29, 0.717) is 28.8 Å². The summed E-state index contributed by atoms with van der Waals surface area (Å²) < 4.78 is 2.32. The number of benzene rings is 1. The molecule has 1 amide bonds. The molecule has 154 valence electrons. The number of hydrogen-bond donors (Lipinski definition) is 2. The van der Waals surface area contributed by atoms with Gasteiger partial charge in [-0.25, -0.2) is 9.67 Å². The summed E-state index contributed by atoms with van der Waals surface area (Å²) in [5, 5.41) is 10.8. The average Bonchev–Trinajstić information content (AvgIpc) is 3.11. The summed E-state index contributed by atoms with van der Waals surface area (Å²) in [5.41, 5.74) is 1.29. The minimum atomic E-state index is -0.503. The van der Waals surface area contributed by atoms with E-state index in [1.54, 1.807) is 26.0 Å². The first-order valence-electron chi connectivity index (χ1n) is 9.63. The summed E-state index contributed by atoms with van der Waals surface area (Å²) in [6.07, 6.45) is 1.42. The van der Waals surface area contributed by atoms with Crippen LogP contribution in [0.15, 0.2) is 33.9 Å². The number of carbonyl (C=O) groups excluding carboxylic acids is 1. The Balaban J connectivity index is 1.62. The molecule has 10 heteroatoms. The Morgan fingerprint density at radius 1 is 1.07 bits per heavy atom. The Bertz CT molecular complexity index is 1400. The molecule has 4 rings (SSSR count). The van der Waals surface area contributed by atoms with Gasteiger partial charge in [-0.15, -0.1) is 0 Å². The van der Waals surface area contributed by atoms with Crippen LogP contribution in [0.2, 0.25) is 0 Å². The fourth-order valence-corrected chi connectivity index (χ4v) is 3.47. The molecule has 0 radical (unpaired) electrons. The lowest BCUT2D eigenvalue weighted by molar-refractivity contribution is -0.117. The van der Waals surface area contributed by atoms with Crippen LogP contribution in [0.4, 0.5) is 5.95 Å². The fourth-order valence-electron chi connectivity index (χ4n) is 3.47. The van der Waals surface area contributed by atoms with Crippen molar-refractivity contribution in [2.24, 2.45) is 0 Å². The van der Waals surface area contributed by atoms with Gasteiger partial charge in [-0.1, -0.05) is 31.5 Å². The zero-order valence-electron chi connectivity index (χ0n) is 16.9. The molecule has 0 aliphatic rings. The van der Waals surface area contributed by atoms with E-state index in [4.69, 9.17) is 0 Å². The van der Waals surface area contributed by atoms with Crippen molar-refractivity contribution in [2.75, 3.05) is 5.32 Å². The maximum Gasteiger partial charge on any atom is 0.277 e. The van der Waals surface area contributed by atoms with E-state index in [0.717, 1.165) is 16.5 Å². The quantitative estimate of drug-likeness (QED) is 0.514. The molecule has 10 nitrogen and oxygen atoms in total. The number of amides is 1. The van der Waals surface area contributed by atoms with Crippen LogP contribution in [0.1, 0.15) is 30.3 Å². The lowest BCUT2D eigenvalue weighted by atomic mass is 10.1. The molecule has 0 bridgehead atoms. The lowest BCUT2D eigenvalue weighted by Crippen LogP contribution is -2.30. The van der Waals surface area contributed by atoms with Crippen LogP contribution in [-0.2, 0) is 17.8 Å². The van der Waals surface area contributed by atoms with E-state index in [2.05, 4.69) is 25.5 Å². The Kier molecular flexibility index (Phi) is 4.90. The van der Waals surface area contributed by atoms with Gasteiger partial charge in [0.2, 0.25) is 11.9 Å². The van der Waals surface area contributed by atoms with Gasteiger partial charge in [0, 0.05) is 10.9 Å². The molecule has 0 aliphatic heterocycles. The standard InChI is InChI=1S/C20H21N7O3/c1-4-7-14-11(2)21-20-23-19(25-27(20)18(14)30)22-16(28)10-26-17(29)15-9-6-5-8-13(15)12(3)24-26/h5-6,8-9H,4,7,10H2,1-3H3,(H2,21,22,23,25,28). The molecule has 3 aromatic heterocycles. The summed E-state index contributed by atoms with van der Waals surface area (Å²) in [6, 6.07) is 7.12. The monoisotopic (exact) mass is 407 g/mol. The second kappa shape index (κ2) is 7.54. The van der Waals surface area contributed by atoms with Crippen LogP contribution in [0.25, 0.3) is 16.6 Å². The number of aromatic nitrogens is 6. The lowest BCUT2D eigenvalue weighted by Gasteiger charge is -2.08. The highest BCUT2D eigenvalue weighted by molar-refractivity contribution is 5.89. The maximum absolute atomic E-state index is 12.6. The number of nitrogens with one attached hydrogen (secondary N) is 2. The fraction of sp³-hybridized carbons (Fsp3) is 0.300. The molecule has 0 saturated carbocycles. The largest absolute Gasteiger partial charge is 0.293 e. The molecule has 0 unspecified atom stereocenters. The Hall–Kier alpha value is -3.82. The summed E-state index contributed by atoms with van der Waals surface area (Å²) in [7, 11) is 0. The summed E-state index contributed by atoms with van der Waals surface area (Å²) >= 11 is 0. The molecule has 0 spiro atoms. The Morgan fingerprint density at radius 2 is 1.80 bits per heavy atom. The van der Waals surface area contributed by atoms with Crippen LogP contribution < -0.4 is 16.4 Å². The number of hydrogen-bond acceptors (Lipinski definition) is 6. The average molecular weight is 407 g/mol. The molecule has 0 atom stereocenters. The second-order valence-corrected chi connectivity index (χ2v) is 7.08. The van der Waals surface area contributed by atoms with Gasteiger partial charge in [0.25, 0.3) is 16.9 Å². The normalized spacial score (nSPS) is 11.3. The predicted octanol–water partition coefficient (Wildman–Crippen LogP) is 1.34. The molecule has 4 aromatic rings. The van der Waals surface area contributed by atoms with E-state index in [-0.39, 0.29) is 29.4 Å². The van der Waals surface area contributed by atoms with Crippen LogP contribution in [0, 0.1) is 13.8 Å². The van der Waals surface area contributed by atoms with Crippen LogP contribution in [0.5, 0.6) is 0 Å². The van der Waals surface area contributed by atoms with Gasteiger partial charge >= 0.3 is 0 Å². The topological polar surface area (TPSA) is 127 Å². The molecular formula is C20H21N7O3. The number of H-pyrrole nitrogens is 1. The number of carbonyl (C=O) groups is 1. The van der Waals surface area contributed by atoms with Crippen molar-refractivity contribution >= 4 is 28.4 Å². The molecule has 3 heterocycles. The highest BCUT2D eigenvalue weighted by atomic mass is 16.2. The van der Waals surface area contributed by atoms with Crippen molar-refractivity contribution in [1.82, 2.24) is 29.4 Å². The molecule has 0 saturated heterocycles. The van der Waals surface area contributed by atoms with Crippen molar-refractivity contribution in [3.8, 4) is 0 Å². The van der Waals surface area contributed by atoms with Crippen molar-refractivity contribution in [3.05, 3.63) is 61.9 Å². The Morgan fingerprint density at radius 3 is 2.53 bits per heavy atom. The van der Waals surface area contributed by atoms with Gasteiger partial charge in [-0.2, -0.15) is 14.6 Å². The molecule has 2 N–H and O–H groups in total. The molecular weight excluding hydrogens is 386 g/mol. The SMILES string of the molecule is CCCc1c(C)nc2nc(NC(=O)Cn3nc(C)c4ccccc4c3=O)[nH]n2c1=O. The summed E-state index contributed by atoms with van der Waals surface area (Å²) in [6.45, 7) is 5.24. The highest BCUT2D eigenvalue weighted by Gasteiger charge is 2.15. The predicted molar refractivity (Wildman–Crippen MR) is 112 cm³/mol. The minimum Gasteiger partial charge on any atom is -0.293 e. The van der Waals surface area contributed by atoms with Crippen LogP contribution in [-0.4, -0.2) is 35.3 Å². The van der Waals surface area contributed by atoms with Gasteiger partial charge < -0.3 is 0 Å². The minimum absolute atomic E-state index is 0.0724. The molecule has 0 fully saturated rings. The second-order valence-electron chi connectivity index (χ2n) is 7.08. The zero-order valence-corrected chi connectivity index (χ0v) is 16.9. The number of aromatic amines is 1. The number of rotatable bonds is 5. The van der Waals surface area contributed by atoms with E-state index >= 15 is 0 Å². The first-order valence-corrected chi connectivity index (χ1v) is 9.63. The molecule has 0 aliphatic carbocycles. The zero-order chi connectivity index (χ0) is 21.4. The van der Waals surface area contributed by atoms with E-state index in [1.807, 2.05) is 19.1 Å². The first kappa shape index (κ1) is 19.5. The van der Waals surface area contributed by atoms with Crippen LogP contribution in [0.3, 0.4) is 0 Å². The third-order valence-corrected chi connectivity index (χ3v) is 4.90. The van der Waals surface area contributed by atoms with Crippen molar-refractivity contribution < 1.29 is 4.79 Å². The van der Waals surface area contributed by atoms with E-state index in [9.17, 15) is 14.4 Å². The van der Waals surface area contributed by atoms with E-state index in [1.165, 1.54) is 4.52 Å². The van der Waals surface area contributed by atoms with Crippen molar-refractivity contribution in [1.29, 1.82) is 0 Å². The van der Waals surface area contributed by atoms with E-state index < -0.39 is 5.91 Å². The number of fused-ring (bicyclic) bond motifs is 2. The van der Waals surface area contributed by atoms with Gasteiger partial charge in [0.1, 0.15) is 6.54 Å². The number of nitrogens with zero attached hydrogens (tertiary/aromatic N) is 5. The third-order valence-electron chi connectivity index (χ3n) is 4.90. The smallest absolute Gasteiger partial charge is 0.277 e. The summed E-state index contributed by atoms with van der Waals surface area (Å²) in [5.74, 6) is -0.260. The maximum atomic E-state index is 12.6. The van der Waals surface area contributed by atoms with Gasteiger partial charge in [-0.3, -0.25) is 24.8 Å². The van der Waals surface area contributed by atoms with Crippen LogP contribution >= 0.6 is 0 Å². The number of aryl methyl sites for hydroxylation is 2. The van der Waals surface area contributed by atoms with Crippen molar-refractivity contribution in [2.45, 2.75) is 40.2 Å².